The van der Waals surface area contributed by atoms with Crippen LogP contribution in [0.3, 0.4) is 0 Å². The Balaban J connectivity index is 1.70. The van der Waals surface area contributed by atoms with Gasteiger partial charge in [-0.05, 0) is 41.5 Å². The van der Waals surface area contributed by atoms with E-state index < -0.39 is 0 Å². The minimum Gasteiger partial charge on any atom is -0.345 e. The number of thioether (sulfide) groups is 1. The average molecular weight is 439 g/mol. The second-order valence-corrected chi connectivity index (χ2v) is 8.51. The van der Waals surface area contributed by atoms with E-state index in [4.69, 9.17) is 11.6 Å². The van der Waals surface area contributed by atoms with Crippen LogP contribution in [0.1, 0.15) is 26.7 Å². The molecule has 1 N–H and O–H groups in total. The first-order valence-electron chi connectivity index (χ1n) is 9.47. The number of halogens is 1. The molecular weight excluding hydrogens is 416 g/mol. The Bertz CT molecular complexity index is 1010. The van der Waals surface area contributed by atoms with Crippen LogP contribution in [0.4, 0.5) is 5.69 Å². The smallest absolute Gasteiger partial charge is 0.253 e. The van der Waals surface area contributed by atoms with Crippen molar-refractivity contribution in [2.75, 3.05) is 25.2 Å². The fourth-order valence-electron chi connectivity index (χ4n) is 2.99. The maximum Gasteiger partial charge on any atom is 0.253 e. The van der Waals surface area contributed by atoms with Gasteiger partial charge < -0.3 is 10.2 Å². The molecule has 0 radical (unpaired) electrons. The van der Waals surface area contributed by atoms with Crippen LogP contribution >= 0.6 is 23.4 Å². The maximum absolute atomic E-state index is 12.6. The standard InChI is InChI=1S/C24H23ClN2O2S/c1-27(2)24(29)19-9-6-10-21(15-19)26-22(28)16-30-23(17-7-4-3-5-8-17)18-11-13-20(25)14-12-18/h3-15,23H,16H2,1-2H3,(H,26,28). The van der Waals surface area contributed by atoms with Crippen molar-refractivity contribution in [2.45, 2.75) is 5.25 Å². The van der Waals surface area contributed by atoms with Gasteiger partial charge in [0, 0.05) is 30.4 Å². The van der Waals surface area contributed by atoms with Gasteiger partial charge in [0.25, 0.3) is 5.91 Å². The van der Waals surface area contributed by atoms with Crippen molar-refractivity contribution in [1.29, 1.82) is 0 Å². The second-order valence-electron chi connectivity index (χ2n) is 6.98. The van der Waals surface area contributed by atoms with Gasteiger partial charge in [-0.1, -0.05) is 60.1 Å². The zero-order valence-electron chi connectivity index (χ0n) is 16.8. The van der Waals surface area contributed by atoms with E-state index in [9.17, 15) is 9.59 Å². The van der Waals surface area contributed by atoms with Crippen LogP contribution in [-0.4, -0.2) is 36.6 Å². The van der Waals surface area contributed by atoms with Crippen LogP contribution in [0.15, 0.2) is 78.9 Å². The number of hydrogen-bond acceptors (Lipinski definition) is 3. The molecule has 0 aliphatic rings. The van der Waals surface area contributed by atoms with Crippen molar-refractivity contribution in [3.63, 3.8) is 0 Å². The normalized spacial score (nSPS) is 11.6. The predicted molar refractivity (Wildman–Crippen MR) is 125 cm³/mol. The number of nitrogens with zero attached hydrogens (tertiary/aromatic N) is 1. The lowest BCUT2D eigenvalue weighted by atomic mass is 10.0. The molecule has 0 spiro atoms. The van der Waals surface area contributed by atoms with E-state index in [0.29, 0.717) is 16.3 Å². The Morgan fingerprint density at radius 3 is 2.27 bits per heavy atom. The van der Waals surface area contributed by atoms with E-state index in [1.807, 2.05) is 42.5 Å². The Morgan fingerprint density at radius 1 is 0.933 bits per heavy atom. The first-order valence-corrected chi connectivity index (χ1v) is 10.9. The maximum atomic E-state index is 12.6. The average Bonchev–Trinajstić information content (AvgIpc) is 2.75. The Hall–Kier alpha value is -2.76. The van der Waals surface area contributed by atoms with Crippen LogP contribution in [0, 0.1) is 0 Å². The van der Waals surface area contributed by atoms with Gasteiger partial charge in [0.2, 0.25) is 5.91 Å². The molecule has 0 aliphatic heterocycles. The van der Waals surface area contributed by atoms with Crippen molar-refractivity contribution < 1.29 is 9.59 Å². The number of carbonyl (C=O) groups excluding carboxylic acids is 2. The molecule has 3 rings (SSSR count). The van der Waals surface area contributed by atoms with Crippen LogP contribution in [0.25, 0.3) is 0 Å². The fourth-order valence-corrected chi connectivity index (χ4v) is 4.21. The molecule has 0 heterocycles. The molecule has 0 saturated heterocycles. The molecular formula is C24H23ClN2O2S. The number of benzene rings is 3. The summed E-state index contributed by atoms with van der Waals surface area (Å²) < 4.78 is 0. The number of amides is 2. The molecule has 0 fully saturated rings. The third kappa shape index (κ3) is 5.88. The highest BCUT2D eigenvalue weighted by molar-refractivity contribution is 8.00. The summed E-state index contributed by atoms with van der Waals surface area (Å²) in [5.74, 6) is 0.0466. The molecule has 0 saturated carbocycles. The number of carbonyl (C=O) groups is 2. The van der Waals surface area contributed by atoms with Gasteiger partial charge in [0.15, 0.2) is 0 Å². The molecule has 154 valence electrons. The summed E-state index contributed by atoms with van der Waals surface area (Å²) in [6.45, 7) is 0. The van der Waals surface area contributed by atoms with Gasteiger partial charge in [-0.2, -0.15) is 0 Å². The van der Waals surface area contributed by atoms with Gasteiger partial charge in [-0.3, -0.25) is 9.59 Å². The summed E-state index contributed by atoms with van der Waals surface area (Å²) in [5.41, 5.74) is 3.35. The summed E-state index contributed by atoms with van der Waals surface area (Å²) >= 11 is 7.58. The summed E-state index contributed by atoms with van der Waals surface area (Å²) in [5, 5.41) is 3.58. The van der Waals surface area contributed by atoms with Crippen LogP contribution in [0.2, 0.25) is 5.02 Å². The van der Waals surface area contributed by atoms with Gasteiger partial charge >= 0.3 is 0 Å². The van der Waals surface area contributed by atoms with Crippen molar-refractivity contribution in [3.05, 3.63) is 101 Å². The van der Waals surface area contributed by atoms with Crippen molar-refractivity contribution in [2.24, 2.45) is 0 Å². The number of anilines is 1. The Morgan fingerprint density at radius 2 is 1.60 bits per heavy atom. The van der Waals surface area contributed by atoms with E-state index >= 15 is 0 Å². The highest BCUT2D eigenvalue weighted by Gasteiger charge is 2.17. The lowest BCUT2D eigenvalue weighted by molar-refractivity contribution is -0.113. The molecule has 0 aromatic heterocycles. The number of hydrogen-bond donors (Lipinski definition) is 1. The summed E-state index contributed by atoms with van der Waals surface area (Å²) in [7, 11) is 3.40. The topological polar surface area (TPSA) is 49.4 Å². The van der Waals surface area contributed by atoms with E-state index in [-0.39, 0.29) is 22.8 Å². The summed E-state index contributed by atoms with van der Waals surface area (Å²) in [4.78, 5) is 26.2. The fraction of sp³-hybridized carbons (Fsp3) is 0.167. The number of nitrogens with one attached hydrogen (secondary N) is 1. The first kappa shape index (κ1) is 21.9. The lowest BCUT2D eigenvalue weighted by Gasteiger charge is -2.18. The second kappa shape index (κ2) is 10.3. The molecule has 4 nitrogen and oxygen atoms in total. The van der Waals surface area contributed by atoms with E-state index in [2.05, 4.69) is 17.4 Å². The molecule has 1 atom stereocenters. The van der Waals surface area contributed by atoms with Crippen molar-refractivity contribution in [1.82, 2.24) is 4.90 Å². The van der Waals surface area contributed by atoms with Gasteiger partial charge in [0.1, 0.15) is 0 Å². The number of rotatable bonds is 7. The molecule has 3 aromatic rings. The molecule has 6 heteroatoms. The van der Waals surface area contributed by atoms with Crippen LogP contribution in [-0.2, 0) is 4.79 Å². The highest BCUT2D eigenvalue weighted by Crippen LogP contribution is 2.36. The van der Waals surface area contributed by atoms with Crippen molar-refractivity contribution in [3.8, 4) is 0 Å². The lowest BCUT2D eigenvalue weighted by Crippen LogP contribution is -2.22. The Labute approximate surface area is 186 Å². The van der Waals surface area contributed by atoms with Gasteiger partial charge in [0.05, 0.1) is 11.0 Å². The molecule has 2 amide bonds. The SMILES string of the molecule is CN(C)C(=O)c1cccc(NC(=O)CSC(c2ccccc2)c2ccc(Cl)cc2)c1. The summed E-state index contributed by atoms with van der Waals surface area (Å²) in [6, 6.07) is 24.7. The van der Waals surface area contributed by atoms with Gasteiger partial charge in [-0.25, -0.2) is 0 Å². The van der Waals surface area contributed by atoms with E-state index in [0.717, 1.165) is 11.1 Å². The highest BCUT2D eigenvalue weighted by atomic mass is 35.5. The molecule has 3 aromatic carbocycles. The third-order valence-electron chi connectivity index (χ3n) is 4.46. The minimum absolute atomic E-state index is 0.0101. The van der Waals surface area contributed by atoms with E-state index in [1.165, 1.54) is 4.90 Å². The molecule has 0 bridgehead atoms. The molecule has 1 unspecified atom stereocenters. The predicted octanol–water partition coefficient (Wildman–Crippen LogP) is 5.50. The van der Waals surface area contributed by atoms with E-state index in [1.54, 1.807) is 50.1 Å². The summed E-state index contributed by atoms with van der Waals surface area (Å²) in [6.07, 6.45) is 0. The third-order valence-corrected chi connectivity index (χ3v) is 6.01. The van der Waals surface area contributed by atoms with Gasteiger partial charge in [-0.15, -0.1) is 11.8 Å². The minimum atomic E-state index is -0.121. The quantitative estimate of drug-likeness (QED) is 0.529. The largest absolute Gasteiger partial charge is 0.345 e. The van der Waals surface area contributed by atoms with Crippen LogP contribution in [0.5, 0.6) is 0 Å². The monoisotopic (exact) mass is 438 g/mol. The zero-order valence-corrected chi connectivity index (χ0v) is 18.4. The zero-order chi connectivity index (χ0) is 21.5. The van der Waals surface area contributed by atoms with Crippen molar-refractivity contribution >= 4 is 40.9 Å². The van der Waals surface area contributed by atoms with Crippen LogP contribution < -0.4 is 5.32 Å². The first-order chi connectivity index (χ1) is 14.4. The Kier molecular flexibility index (Phi) is 7.55. The molecule has 30 heavy (non-hydrogen) atoms. The molecule has 0 aliphatic carbocycles.